The van der Waals surface area contributed by atoms with Crippen molar-refractivity contribution in [2.75, 3.05) is 6.79 Å². The smallest absolute Gasteiger partial charge is 0.244 e. The molecule has 5 nitrogen and oxygen atoms in total. The molecule has 1 aliphatic heterocycles. The van der Waals surface area contributed by atoms with Crippen molar-refractivity contribution in [3.63, 3.8) is 0 Å². The molecule has 0 atom stereocenters. The maximum absolute atomic E-state index is 11.9. The van der Waals surface area contributed by atoms with Gasteiger partial charge in [0.15, 0.2) is 11.5 Å². The normalized spacial score (nSPS) is 12.6. The number of carbonyl (C=O) groups is 1. The van der Waals surface area contributed by atoms with Crippen LogP contribution in [0.25, 0.3) is 0 Å². The Balaban J connectivity index is 1.53. The number of nitrogens with zero attached hydrogens (tertiary/aromatic N) is 1. The third-order valence-electron chi connectivity index (χ3n) is 3.60. The van der Waals surface area contributed by atoms with Gasteiger partial charge in [-0.1, -0.05) is 31.2 Å². The molecule has 0 saturated carbocycles. The van der Waals surface area contributed by atoms with Crippen molar-refractivity contribution >= 4 is 12.1 Å². The summed E-state index contributed by atoms with van der Waals surface area (Å²) in [7, 11) is 0. The number of amides is 1. The van der Waals surface area contributed by atoms with E-state index in [2.05, 4.69) is 17.5 Å². The lowest BCUT2D eigenvalue weighted by molar-refractivity contribution is -0.120. The Kier molecular flexibility index (Phi) is 4.57. The molecular formula is C18H18N2O3. The lowest BCUT2D eigenvalue weighted by Gasteiger charge is -2.02. The summed E-state index contributed by atoms with van der Waals surface area (Å²) in [5.74, 6) is 1.27. The van der Waals surface area contributed by atoms with Crippen molar-refractivity contribution in [1.82, 2.24) is 5.43 Å². The van der Waals surface area contributed by atoms with Gasteiger partial charge in [-0.25, -0.2) is 5.43 Å². The molecule has 2 aromatic rings. The minimum atomic E-state index is -0.147. The van der Waals surface area contributed by atoms with E-state index in [4.69, 9.17) is 9.47 Å². The Morgan fingerprint density at radius 1 is 1.13 bits per heavy atom. The number of hydrogen-bond acceptors (Lipinski definition) is 4. The van der Waals surface area contributed by atoms with Crippen molar-refractivity contribution in [2.24, 2.45) is 5.10 Å². The van der Waals surface area contributed by atoms with Crippen LogP contribution in [0, 0.1) is 0 Å². The Hall–Kier alpha value is -2.82. The highest BCUT2D eigenvalue weighted by Crippen LogP contribution is 2.31. The summed E-state index contributed by atoms with van der Waals surface area (Å²) >= 11 is 0. The average molecular weight is 310 g/mol. The predicted molar refractivity (Wildman–Crippen MR) is 87.8 cm³/mol. The Morgan fingerprint density at radius 3 is 2.65 bits per heavy atom. The highest BCUT2D eigenvalue weighted by Gasteiger charge is 2.12. The van der Waals surface area contributed by atoms with Crippen molar-refractivity contribution in [2.45, 2.75) is 19.8 Å². The van der Waals surface area contributed by atoms with Crippen LogP contribution in [0.2, 0.25) is 0 Å². The van der Waals surface area contributed by atoms with Gasteiger partial charge in [-0.15, -0.1) is 0 Å². The molecule has 1 amide bonds. The number of aryl methyl sites for hydroxylation is 1. The second-order valence-corrected chi connectivity index (χ2v) is 5.25. The summed E-state index contributed by atoms with van der Waals surface area (Å²) in [6.07, 6.45) is 2.88. The van der Waals surface area contributed by atoms with E-state index >= 15 is 0 Å². The van der Waals surface area contributed by atoms with Gasteiger partial charge < -0.3 is 9.47 Å². The third-order valence-corrected chi connectivity index (χ3v) is 3.60. The minimum absolute atomic E-state index is 0.147. The first-order valence-corrected chi connectivity index (χ1v) is 7.54. The lowest BCUT2D eigenvalue weighted by atomic mass is 10.1. The van der Waals surface area contributed by atoms with E-state index in [1.54, 1.807) is 6.21 Å². The highest BCUT2D eigenvalue weighted by atomic mass is 16.7. The summed E-state index contributed by atoms with van der Waals surface area (Å²) in [6.45, 7) is 2.34. The third kappa shape index (κ3) is 3.88. The molecule has 0 unspecified atom stereocenters. The first kappa shape index (κ1) is 15.1. The van der Waals surface area contributed by atoms with Crippen LogP contribution >= 0.6 is 0 Å². The maximum Gasteiger partial charge on any atom is 0.244 e. The standard InChI is InChI=1S/C18H18N2O3/c1-2-13-3-5-14(6-4-13)10-18(21)20-19-11-15-7-8-16-17(9-15)23-12-22-16/h3-9,11H,2,10,12H2,1H3,(H,20,21)/b19-11+. The first-order chi connectivity index (χ1) is 11.2. The SMILES string of the molecule is CCc1ccc(CC(=O)N/N=C/c2ccc3c(c2)OCO3)cc1. The van der Waals surface area contributed by atoms with Gasteiger partial charge >= 0.3 is 0 Å². The van der Waals surface area contributed by atoms with Gasteiger partial charge in [0.25, 0.3) is 0 Å². The summed E-state index contributed by atoms with van der Waals surface area (Å²) in [4.78, 5) is 11.9. The second kappa shape index (κ2) is 6.96. The topological polar surface area (TPSA) is 59.9 Å². The van der Waals surface area contributed by atoms with Gasteiger partial charge in [0, 0.05) is 0 Å². The van der Waals surface area contributed by atoms with Gasteiger partial charge in [-0.3, -0.25) is 4.79 Å². The number of carbonyl (C=O) groups excluding carboxylic acids is 1. The van der Waals surface area contributed by atoms with E-state index < -0.39 is 0 Å². The van der Waals surface area contributed by atoms with Crippen molar-refractivity contribution < 1.29 is 14.3 Å². The highest BCUT2D eigenvalue weighted by molar-refractivity contribution is 5.84. The number of rotatable bonds is 5. The zero-order valence-corrected chi connectivity index (χ0v) is 12.9. The molecular weight excluding hydrogens is 292 g/mol. The fourth-order valence-electron chi connectivity index (χ4n) is 2.29. The van der Waals surface area contributed by atoms with Gasteiger partial charge in [0.1, 0.15) is 0 Å². The molecule has 0 aromatic heterocycles. The van der Waals surface area contributed by atoms with Gasteiger partial charge in [-0.05, 0) is 41.3 Å². The number of nitrogens with one attached hydrogen (secondary N) is 1. The average Bonchev–Trinajstić information content (AvgIpc) is 3.03. The zero-order valence-electron chi connectivity index (χ0n) is 12.9. The van der Waals surface area contributed by atoms with E-state index in [1.807, 2.05) is 42.5 Å². The van der Waals surface area contributed by atoms with Crippen LogP contribution in [0.5, 0.6) is 11.5 Å². The zero-order chi connectivity index (χ0) is 16.1. The molecule has 5 heteroatoms. The van der Waals surface area contributed by atoms with Crippen LogP contribution < -0.4 is 14.9 Å². The van der Waals surface area contributed by atoms with Crippen LogP contribution in [0.1, 0.15) is 23.6 Å². The van der Waals surface area contributed by atoms with Crippen molar-refractivity contribution in [1.29, 1.82) is 0 Å². The van der Waals surface area contributed by atoms with Crippen LogP contribution in [-0.4, -0.2) is 18.9 Å². The van der Waals surface area contributed by atoms with E-state index in [9.17, 15) is 4.79 Å². The van der Waals surface area contributed by atoms with Gasteiger partial charge in [-0.2, -0.15) is 5.10 Å². The van der Waals surface area contributed by atoms with Crippen molar-refractivity contribution in [3.05, 3.63) is 59.2 Å². The fourth-order valence-corrected chi connectivity index (χ4v) is 2.29. The van der Waals surface area contributed by atoms with E-state index in [1.165, 1.54) is 5.56 Å². The van der Waals surface area contributed by atoms with Crippen LogP contribution in [-0.2, 0) is 17.6 Å². The van der Waals surface area contributed by atoms with Gasteiger partial charge in [0.2, 0.25) is 12.7 Å². The van der Waals surface area contributed by atoms with E-state index in [-0.39, 0.29) is 12.7 Å². The number of hydrazone groups is 1. The Labute approximate surface area is 134 Å². The largest absolute Gasteiger partial charge is 0.454 e. The molecule has 2 aromatic carbocycles. The maximum atomic E-state index is 11.9. The van der Waals surface area contributed by atoms with Gasteiger partial charge in [0.05, 0.1) is 12.6 Å². The number of benzene rings is 2. The fraction of sp³-hybridized carbons (Fsp3) is 0.222. The van der Waals surface area contributed by atoms with Crippen molar-refractivity contribution in [3.8, 4) is 11.5 Å². The van der Waals surface area contributed by atoms with E-state index in [0.29, 0.717) is 12.2 Å². The molecule has 3 rings (SSSR count). The lowest BCUT2D eigenvalue weighted by Crippen LogP contribution is -2.19. The molecule has 1 N–H and O–H groups in total. The molecule has 1 heterocycles. The molecule has 23 heavy (non-hydrogen) atoms. The first-order valence-electron chi connectivity index (χ1n) is 7.54. The minimum Gasteiger partial charge on any atom is -0.454 e. The molecule has 0 fully saturated rings. The van der Waals surface area contributed by atoms with Crippen LogP contribution in [0.3, 0.4) is 0 Å². The molecule has 0 saturated heterocycles. The number of ether oxygens (including phenoxy) is 2. The number of fused-ring (bicyclic) bond motifs is 1. The molecule has 1 aliphatic rings. The Bertz CT molecular complexity index is 724. The molecule has 118 valence electrons. The van der Waals surface area contributed by atoms with Crippen LogP contribution in [0.4, 0.5) is 0 Å². The second-order valence-electron chi connectivity index (χ2n) is 5.25. The molecule has 0 bridgehead atoms. The summed E-state index contributed by atoms with van der Waals surface area (Å²) in [5, 5.41) is 3.98. The summed E-state index contributed by atoms with van der Waals surface area (Å²) in [6, 6.07) is 13.5. The van der Waals surface area contributed by atoms with E-state index in [0.717, 1.165) is 23.3 Å². The summed E-state index contributed by atoms with van der Waals surface area (Å²) < 4.78 is 10.5. The monoisotopic (exact) mass is 310 g/mol. The van der Waals surface area contributed by atoms with Crippen LogP contribution in [0.15, 0.2) is 47.6 Å². The Morgan fingerprint density at radius 2 is 1.87 bits per heavy atom. The molecule has 0 spiro atoms. The predicted octanol–water partition coefficient (Wildman–Crippen LogP) is 2.67. The summed E-state index contributed by atoms with van der Waals surface area (Å²) in [5.41, 5.74) is 5.60. The molecule has 0 aliphatic carbocycles. The quantitative estimate of drug-likeness (QED) is 0.682. The number of hydrogen-bond donors (Lipinski definition) is 1. The molecule has 0 radical (unpaired) electrons.